The van der Waals surface area contributed by atoms with Crippen molar-refractivity contribution in [2.75, 3.05) is 6.61 Å². The minimum absolute atomic E-state index is 0.594. The predicted octanol–water partition coefficient (Wildman–Crippen LogP) is 0.905. The van der Waals surface area contributed by atoms with Crippen LogP contribution in [0.1, 0.15) is 33.1 Å². The van der Waals surface area contributed by atoms with Crippen LogP contribution in [0.15, 0.2) is 0 Å². The lowest BCUT2D eigenvalue weighted by Crippen LogP contribution is -2.11. The van der Waals surface area contributed by atoms with Crippen LogP contribution < -0.4 is 0 Å². The van der Waals surface area contributed by atoms with E-state index < -0.39 is 0 Å². The third-order valence-corrected chi connectivity index (χ3v) is 2.63. The molecule has 0 bridgehead atoms. The summed E-state index contributed by atoms with van der Waals surface area (Å²) in [5.41, 5.74) is 0.594. The number of hydrogen-bond acceptors (Lipinski definition) is 1. The van der Waals surface area contributed by atoms with Crippen LogP contribution in [-0.2, 0) is 4.74 Å². The average molecular weight is 146 g/mol. The highest BCUT2D eigenvalue weighted by Gasteiger charge is 1.94. The Morgan fingerprint density at radius 1 is 1.44 bits per heavy atom. The van der Waals surface area contributed by atoms with Crippen molar-refractivity contribution in [3.8, 4) is 0 Å². The van der Waals surface area contributed by atoms with E-state index in [4.69, 9.17) is 4.74 Å². The van der Waals surface area contributed by atoms with Gasteiger partial charge in [-0.1, -0.05) is 20.3 Å². The van der Waals surface area contributed by atoms with Crippen LogP contribution in [0.3, 0.4) is 0 Å². The molecular formula is C7H18OSi. The predicted molar refractivity (Wildman–Crippen MR) is 44.9 cm³/mol. The van der Waals surface area contributed by atoms with E-state index in [1.54, 1.807) is 0 Å². The molecule has 0 saturated heterocycles. The molecule has 0 saturated carbocycles. The smallest absolute Gasteiger partial charge is 0.0464 e. The summed E-state index contributed by atoms with van der Waals surface area (Å²) in [7, 11) is 1.18. The quantitative estimate of drug-likeness (QED) is 0.414. The molecule has 0 aliphatic rings. The van der Waals surface area contributed by atoms with E-state index >= 15 is 0 Å². The molecule has 0 rings (SSSR count). The number of unbranched alkanes of at least 4 members (excludes halogenated alkanes) is 1. The fourth-order valence-corrected chi connectivity index (χ4v) is 0.782. The second kappa shape index (κ2) is 6.30. The standard InChI is InChI=1S/C7H18OSi/c1-3-5-6-8-7(9)4-2/h7H,3-6H2,1-2,9H3. The first-order valence-electron chi connectivity index (χ1n) is 3.92. The van der Waals surface area contributed by atoms with Gasteiger partial charge in [-0.05, 0) is 12.8 Å². The van der Waals surface area contributed by atoms with Crippen molar-refractivity contribution in [1.29, 1.82) is 0 Å². The highest BCUT2D eigenvalue weighted by atomic mass is 28.1. The largest absolute Gasteiger partial charge is 0.383 e. The van der Waals surface area contributed by atoms with Crippen molar-refractivity contribution in [3.63, 3.8) is 0 Å². The molecule has 0 spiro atoms. The maximum absolute atomic E-state index is 5.49. The molecule has 1 atom stereocenters. The Morgan fingerprint density at radius 3 is 2.56 bits per heavy atom. The monoisotopic (exact) mass is 146 g/mol. The second-order valence-electron chi connectivity index (χ2n) is 2.44. The summed E-state index contributed by atoms with van der Waals surface area (Å²) in [6.07, 6.45) is 3.66. The molecule has 0 aromatic rings. The summed E-state index contributed by atoms with van der Waals surface area (Å²) in [5, 5.41) is 0. The zero-order chi connectivity index (χ0) is 7.11. The summed E-state index contributed by atoms with van der Waals surface area (Å²) in [4.78, 5) is 0. The van der Waals surface area contributed by atoms with Gasteiger partial charge in [-0.2, -0.15) is 0 Å². The van der Waals surface area contributed by atoms with Crippen LogP contribution >= 0.6 is 0 Å². The molecule has 0 aromatic carbocycles. The van der Waals surface area contributed by atoms with Gasteiger partial charge in [0.1, 0.15) is 0 Å². The van der Waals surface area contributed by atoms with E-state index in [2.05, 4.69) is 13.8 Å². The maximum Gasteiger partial charge on any atom is 0.0464 e. The number of rotatable bonds is 5. The van der Waals surface area contributed by atoms with Crippen LogP contribution in [0.2, 0.25) is 0 Å². The molecule has 0 radical (unpaired) electrons. The lowest BCUT2D eigenvalue weighted by molar-refractivity contribution is 0.102. The van der Waals surface area contributed by atoms with Gasteiger partial charge in [0.25, 0.3) is 0 Å². The van der Waals surface area contributed by atoms with Crippen LogP contribution in [0.4, 0.5) is 0 Å². The van der Waals surface area contributed by atoms with Crippen LogP contribution in [-0.4, -0.2) is 22.6 Å². The van der Waals surface area contributed by atoms with E-state index in [9.17, 15) is 0 Å². The third kappa shape index (κ3) is 6.06. The maximum atomic E-state index is 5.49. The van der Waals surface area contributed by atoms with Crippen LogP contribution in [0.25, 0.3) is 0 Å². The fourth-order valence-electron chi connectivity index (χ4n) is 0.547. The molecule has 0 amide bonds. The zero-order valence-electron chi connectivity index (χ0n) is 6.81. The van der Waals surface area contributed by atoms with Gasteiger partial charge < -0.3 is 4.74 Å². The van der Waals surface area contributed by atoms with Crippen molar-refractivity contribution in [3.05, 3.63) is 0 Å². The summed E-state index contributed by atoms with van der Waals surface area (Å²) in [6, 6.07) is 0. The van der Waals surface area contributed by atoms with Gasteiger partial charge in [0.15, 0.2) is 0 Å². The van der Waals surface area contributed by atoms with E-state index in [0.717, 1.165) is 6.61 Å². The minimum Gasteiger partial charge on any atom is -0.383 e. The Hall–Kier alpha value is 0.177. The van der Waals surface area contributed by atoms with Crippen molar-refractivity contribution >= 4 is 10.2 Å². The van der Waals surface area contributed by atoms with Gasteiger partial charge in [0.05, 0.1) is 0 Å². The molecule has 9 heavy (non-hydrogen) atoms. The Kier molecular flexibility index (Phi) is 6.42. The zero-order valence-corrected chi connectivity index (χ0v) is 8.81. The van der Waals surface area contributed by atoms with Gasteiger partial charge in [0.2, 0.25) is 0 Å². The summed E-state index contributed by atoms with van der Waals surface area (Å²) in [6.45, 7) is 5.35. The van der Waals surface area contributed by atoms with Gasteiger partial charge in [-0.15, -0.1) is 0 Å². The van der Waals surface area contributed by atoms with Gasteiger partial charge in [-0.25, -0.2) is 0 Å². The molecular weight excluding hydrogens is 128 g/mol. The normalized spacial score (nSPS) is 14.0. The van der Waals surface area contributed by atoms with Gasteiger partial charge in [0, 0.05) is 22.6 Å². The van der Waals surface area contributed by atoms with E-state index in [0.29, 0.717) is 5.73 Å². The molecule has 1 nitrogen and oxygen atoms in total. The van der Waals surface area contributed by atoms with E-state index in [-0.39, 0.29) is 0 Å². The highest BCUT2D eigenvalue weighted by Crippen LogP contribution is 1.94. The molecule has 0 heterocycles. The Bertz CT molecular complexity index is 56.9. The fraction of sp³-hybridized carbons (Fsp3) is 1.00. The highest BCUT2D eigenvalue weighted by molar-refractivity contribution is 6.10. The lowest BCUT2D eigenvalue weighted by atomic mass is 10.4. The first kappa shape index (κ1) is 9.18. The van der Waals surface area contributed by atoms with E-state index in [1.807, 2.05) is 0 Å². The first-order chi connectivity index (χ1) is 4.31. The molecule has 1 unspecified atom stereocenters. The lowest BCUT2D eigenvalue weighted by Gasteiger charge is -2.08. The van der Waals surface area contributed by atoms with E-state index in [1.165, 1.54) is 29.5 Å². The average Bonchev–Trinajstić information content (AvgIpc) is 1.89. The molecule has 0 fully saturated rings. The summed E-state index contributed by atoms with van der Waals surface area (Å²) >= 11 is 0. The Labute approximate surface area is 61.2 Å². The molecule has 0 aliphatic heterocycles. The van der Waals surface area contributed by atoms with Gasteiger partial charge in [-0.3, -0.25) is 0 Å². The topological polar surface area (TPSA) is 9.23 Å². The number of ether oxygens (including phenoxy) is 1. The van der Waals surface area contributed by atoms with Gasteiger partial charge >= 0.3 is 0 Å². The Morgan fingerprint density at radius 2 is 2.11 bits per heavy atom. The van der Waals surface area contributed by atoms with Crippen LogP contribution in [0, 0.1) is 0 Å². The first-order valence-corrected chi connectivity index (χ1v) is 5.08. The van der Waals surface area contributed by atoms with Crippen molar-refractivity contribution < 1.29 is 4.74 Å². The van der Waals surface area contributed by atoms with Crippen molar-refractivity contribution in [2.24, 2.45) is 0 Å². The molecule has 0 N–H and O–H groups in total. The molecule has 0 aliphatic carbocycles. The SMILES string of the molecule is CCCCOC([SiH3])CC. The molecule has 2 heteroatoms. The third-order valence-electron chi connectivity index (χ3n) is 1.48. The molecule has 0 aromatic heterocycles. The van der Waals surface area contributed by atoms with Crippen molar-refractivity contribution in [1.82, 2.24) is 0 Å². The Balaban J connectivity index is 2.88. The summed E-state index contributed by atoms with van der Waals surface area (Å²) < 4.78 is 5.49. The van der Waals surface area contributed by atoms with Crippen molar-refractivity contribution in [2.45, 2.75) is 38.8 Å². The number of hydrogen-bond donors (Lipinski definition) is 0. The summed E-state index contributed by atoms with van der Waals surface area (Å²) in [5.74, 6) is 0. The van der Waals surface area contributed by atoms with Crippen LogP contribution in [0.5, 0.6) is 0 Å². The molecule has 56 valence electrons. The minimum atomic E-state index is 0.594. The second-order valence-corrected chi connectivity index (χ2v) is 3.73.